The number of hydrogen-bond donors (Lipinski definition) is 2. The van der Waals surface area contributed by atoms with Gasteiger partial charge in [-0.3, -0.25) is 4.79 Å². The number of amides is 1. The van der Waals surface area contributed by atoms with Gasteiger partial charge in [-0.1, -0.05) is 12.8 Å². The number of hydrogen-bond acceptors (Lipinski definition) is 2. The highest BCUT2D eigenvalue weighted by atomic mass is 16.1. The van der Waals surface area contributed by atoms with Crippen molar-refractivity contribution < 1.29 is 4.79 Å². The zero-order chi connectivity index (χ0) is 9.40. The van der Waals surface area contributed by atoms with Crippen LogP contribution in [0.25, 0.3) is 0 Å². The maximum Gasteiger partial charge on any atom is 0.217 e. The van der Waals surface area contributed by atoms with Gasteiger partial charge in [0.2, 0.25) is 5.91 Å². The van der Waals surface area contributed by atoms with Crippen LogP contribution in [0.4, 0.5) is 0 Å². The van der Waals surface area contributed by atoms with E-state index in [4.69, 9.17) is 12.2 Å². The van der Waals surface area contributed by atoms with E-state index in [2.05, 4.69) is 11.2 Å². The Morgan fingerprint density at radius 1 is 1.75 bits per heavy atom. The predicted molar refractivity (Wildman–Crippen MR) is 49.3 cm³/mol. The average Bonchev–Trinajstić information content (AvgIpc) is 2.04. The van der Waals surface area contributed by atoms with Gasteiger partial charge in [-0.15, -0.1) is 6.42 Å². The molecule has 3 heteroatoms. The maximum absolute atomic E-state index is 10.3. The molecular formula is C9H16N2O. The van der Waals surface area contributed by atoms with Crippen molar-refractivity contribution in [1.82, 2.24) is 5.32 Å². The quantitative estimate of drug-likeness (QED) is 0.441. The molecule has 0 aliphatic heterocycles. The van der Waals surface area contributed by atoms with Gasteiger partial charge in [-0.25, -0.2) is 0 Å². The van der Waals surface area contributed by atoms with E-state index in [9.17, 15) is 4.79 Å². The highest BCUT2D eigenvalue weighted by Gasteiger charge is 1.99. The van der Waals surface area contributed by atoms with Crippen LogP contribution in [0.15, 0.2) is 0 Å². The second-order valence-corrected chi connectivity index (χ2v) is 2.65. The van der Waals surface area contributed by atoms with Crippen molar-refractivity contribution >= 4 is 5.91 Å². The van der Waals surface area contributed by atoms with E-state index < -0.39 is 0 Å². The van der Waals surface area contributed by atoms with Crippen LogP contribution < -0.4 is 11.1 Å². The molecule has 0 saturated heterocycles. The van der Waals surface area contributed by atoms with E-state index in [1.165, 1.54) is 0 Å². The third kappa shape index (κ3) is 5.75. The minimum Gasteiger partial charge on any atom is -0.370 e. The summed E-state index contributed by atoms with van der Waals surface area (Å²) in [5.41, 5.74) is 4.97. The molecule has 0 aromatic heterocycles. The molecule has 0 rings (SSSR count). The first-order valence-corrected chi connectivity index (χ1v) is 4.18. The van der Waals surface area contributed by atoms with Gasteiger partial charge < -0.3 is 11.1 Å². The Kier molecular flexibility index (Phi) is 6.12. The topological polar surface area (TPSA) is 55.1 Å². The van der Waals surface area contributed by atoms with Crippen molar-refractivity contribution in [3.8, 4) is 12.3 Å². The Bertz CT molecular complexity index is 172. The second kappa shape index (κ2) is 6.68. The van der Waals surface area contributed by atoms with Crippen LogP contribution >= 0.6 is 0 Å². The van der Waals surface area contributed by atoms with Crippen LogP contribution in [0.1, 0.15) is 26.2 Å². The predicted octanol–water partition coefficient (Wildman–Crippen LogP) is 0.253. The molecule has 0 radical (unpaired) electrons. The molecule has 1 amide bonds. The summed E-state index contributed by atoms with van der Waals surface area (Å²) in [7, 11) is 0. The second-order valence-electron chi connectivity index (χ2n) is 2.65. The highest BCUT2D eigenvalue weighted by Crippen LogP contribution is 1.90. The van der Waals surface area contributed by atoms with Gasteiger partial charge in [0.15, 0.2) is 0 Å². The van der Waals surface area contributed by atoms with E-state index in [-0.39, 0.29) is 11.9 Å². The van der Waals surface area contributed by atoms with Gasteiger partial charge >= 0.3 is 0 Å². The number of carbonyl (C=O) groups excluding carboxylic acids is 1. The lowest BCUT2D eigenvalue weighted by Gasteiger charge is -2.08. The molecule has 12 heavy (non-hydrogen) atoms. The van der Waals surface area contributed by atoms with Crippen LogP contribution in [0, 0.1) is 12.3 Å². The molecule has 1 unspecified atom stereocenters. The lowest BCUT2D eigenvalue weighted by Crippen LogP contribution is -2.28. The van der Waals surface area contributed by atoms with Crippen molar-refractivity contribution in [3.63, 3.8) is 0 Å². The maximum atomic E-state index is 10.3. The Hall–Kier alpha value is -1.01. The minimum absolute atomic E-state index is 0.123. The van der Waals surface area contributed by atoms with Gasteiger partial charge in [-0.2, -0.15) is 0 Å². The van der Waals surface area contributed by atoms with Crippen molar-refractivity contribution in [2.24, 2.45) is 5.73 Å². The Morgan fingerprint density at radius 2 is 2.42 bits per heavy atom. The monoisotopic (exact) mass is 168 g/mol. The Labute approximate surface area is 73.7 Å². The highest BCUT2D eigenvalue weighted by molar-refractivity contribution is 5.73. The average molecular weight is 168 g/mol. The first-order chi connectivity index (χ1) is 5.70. The summed E-state index contributed by atoms with van der Waals surface area (Å²) < 4.78 is 0. The summed E-state index contributed by atoms with van der Waals surface area (Å²) in [6, 6.07) is 0.123. The van der Waals surface area contributed by atoms with E-state index >= 15 is 0 Å². The summed E-state index contributed by atoms with van der Waals surface area (Å²) >= 11 is 0. The lowest BCUT2D eigenvalue weighted by molar-refractivity contribution is -0.118. The summed E-state index contributed by atoms with van der Waals surface area (Å²) in [6.07, 6.45) is 7.31. The van der Waals surface area contributed by atoms with Gasteiger partial charge in [0.1, 0.15) is 0 Å². The van der Waals surface area contributed by atoms with Crippen LogP contribution in [0.3, 0.4) is 0 Å². The molecule has 0 fully saturated rings. The SMILES string of the molecule is C#CC(CC)NCCCC(N)=O. The number of rotatable bonds is 6. The van der Waals surface area contributed by atoms with Crippen LogP contribution in [0.5, 0.6) is 0 Å². The third-order valence-corrected chi connectivity index (χ3v) is 1.60. The first kappa shape index (κ1) is 11.0. The fourth-order valence-corrected chi connectivity index (χ4v) is 0.860. The molecule has 68 valence electrons. The first-order valence-electron chi connectivity index (χ1n) is 4.18. The molecule has 0 aliphatic carbocycles. The van der Waals surface area contributed by atoms with Gasteiger partial charge in [0.05, 0.1) is 6.04 Å². The fraction of sp³-hybridized carbons (Fsp3) is 0.667. The van der Waals surface area contributed by atoms with Crippen molar-refractivity contribution in [3.05, 3.63) is 0 Å². The van der Waals surface area contributed by atoms with Crippen LogP contribution in [0.2, 0.25) is 0 Å². The summed E-state index contributed by atoms with van der Waals surface area (Å²) in [6.45, 7) is 2.78. The zero-order valence-electron chi connectivity index (χ0n) is 7.47. The fourth-order valence-electron chi connectivity index (χ4n) is 0.860. The minimum atomic E-state index is -0.259. The number of terminal acetylenes is 1. The smallest absolute Gasteiger partial charge is 0.217 e. The number of primary amides is 1. The van der Waals surface area contributed by atoms with Gasteiger partial charge in [-0.05, 0) is 19.4 Å². The van der Waals surface area contributed by atoms with E-state index in [1.807, 2.05) is 6.92 Å². The number of nitrogens with one attached hydrogen (secondary N) is 1. The molecule has 1 atom stereocenters. The molecule has 0 saturated carbocycles. The molecule has 0 aromatic rings. The molecular weight excluding hydrogens is 152 g/mol. The van der Waals surface area contributed by atoms with Gasteiger partial charge in [0.25, 0.3) is 0 Å². The molecule has 0 bridgehead atoms. The summed E-state index contributed by atoms with van der Waals surface area (Å²) in [4.78, 5) is 10.3. The van der Waals surface area contributed by atoms with Gasteiger partial charge in [0, 0.05) is 6.42 Å². The Balaban J connectivity index is 3.31. The lowest BCUT2D eigenvalue weighted by atomic mass is 10.2. The van der Waals surface area contributed by atoms with E-state index in [1.54, 1.807) is 0 Å². The van der Waals surface area contributed by atoms with Crippen molar-refractivity contribution in [2.45, 2.75) is 32.2 Å². The molecule has 3 nitrogen and oxygen atoms in total. The molecule has 3 N–H and O–H groups in total. The summed E-state index contributed by atoms with van der Waals surface area (Å²) in [5, 5.41) is 3.13. The molecule has 0 aliphatic rings. The summed E-state index contributed by atoms with van der Waals surface area (Å²) in [5.74, 6) is 2.35. The van der Waals surface area contributed by atoms with Crippen LogP contribution in [-0.4, -0.2) is 18.5 Å². The van der Waals surface area contributed by atoms with E-state index in [0.717, 1.165) is 19.4 Å². The largest absolute Gasteiger partial charge is 0.370 e. The molecule has 0 aromatic carbocycles. The van der Waals surface area contributed by atoms with Crippen molar-refractivity contribution in [2.75, 3.05) is 6.54 Å². The van der Waals surface area contributed by atoms with E-state index in [0.29, 0.717) is 6.42 Å². The van der Waals surface area contributed by atoms with Crippen molar-refractivity contribution in [1.29, 1.82) is 0 Å². The normalized spacial score (nSPS) is 12.0. The molecule has 0 heterocycles. The number of nitrogens with two attached hydrogens (primary N) is 1. The zero-order valence-corrected chi connectivity index (χ0v) is 7.47. The van der Waals surface area contributed by atoms with Crippen LogP contribution in [-0.2, 0) is 4.79 Å². The standard InChI is InChI=1S/C9H16N2O/c1-3-8(4-2)11-7-5-6-9(10)12/h1,8,11H,4-7H2,2H3,(H2,10,12). The third-order valence-electron chi connectivity index (χ3n) is 1.60. The molecule has 0 spiro atoms. The number of carbonyl (C=O) groups is 1. The Morgan fingerprint density at radius 3 is 2.83 bits per heavy atom.